The van der Waals surface area contributed by atoms with E-state index in [4.69, 9.17) is 11.6 Å². The van der Waals surface area contributed by atoms with Crippen molar-refractivity contribution in [2.75, 3.05) is 0 Å². The second-order valence-corrected chi connectivity index (χ2v) is 5.04. The second-order valence-electron chi connectivity index (χ2n) is 4.60. The van der Waals surface area contributed by atoms with Gasteiger partial charge in [0.2, 0.25) is 0 Å². The van der Waals surface area contributed by atoms with Crippen molar-refractivity contribution in [3.8, 4) is 28.0 Å². The Bertz CT molecular complexity index is 732. The summed E-state index contributed by atoms with van der Waals surface area (Å²) in [5, 5.41) is 10.4. The predicted octanol–water partition coefficient (Wildman–Crippen LogP) is 5.38. The minimum Gasteiger partial charge on any atom is -0.508 e. The Morgan fingerprint density at radius 3 is 1.95 bits per heavy atom. The van der Waals surface area contributed by atoms with Crippen LogP contribution in [-0.2, 0) is 0 Å². The average molecular weight is 281 g/mol. The van der Waals surface area contributed by atoms with Crippen LogP contribution in [0, 0.1) is 0 Å². The Morgan fingerprint density at radius 2 is 1.30 bits per heavy atom. The van der Waals surface area contributed by atoms with Crippen molar-refractivity contribution in [1.29, 1.82) is 0 Å². The molecule has 0 unspecified atom stereocenters. The first kappa shape index (κ1) is 12.8. The van der Waals surface area contributed by atoms with Crippen LogP contribution in [0.4, 0.5) is 0 Å². The minimum absolute atomic E-state index is 0.272. The summed E-state index contributed by atoms with van der Waals surface area (Å²) in [5.41, 5.74) is 4.31. The fraction of sp³-hybridized carbons (Fsp3) is 0. The van der Waals surface area contributed by atoms with Crippen molar-refractivity contribution >= 4 is 11.6 Å². The first-order chi connectivity index (χ1) is 9.74. The molecule has 0 atom stereocenters. The molecule has 0 saturated carbocycles. The summed E-state index contributed by atoms with van der Waals surface area (Å²) in [6, 6.07) is 23.2. The zero-order chi connectivity index (χ0) is 13.9. The molecule has 0 aromatic heterocycles. The first-order valence-corrected chi connectivity index (χ1v) is 6.76. The number of halogens is 1. The molecule has 20 heavy (non-hydrogen) atoms. The van der Waals surface area contributed by atoms with Gasteiger partial charge in [-0.05, 0) is 46.5 Å². The van der Waals surface area contributed by atoms with E-state index in [-0.39, 0.29) is 5.75 Å². The minimum atomic E-state index is 0.272. The highest BCUT2D eigenvalue weighted by Crippen LogP contribution is 2.33. The molecule has 0 saturated heterocycles. The molecule has 3 aromatic rings. The molecule has 0 spiro atoms. The van der Waals surface area contributed by atoms with Crippen LogP contribution < -0.4 is 0 Å². The lowest BCUT2D eigenvalue weighted by molar-refractivity contribution is 0.475. The monoisotopic (exact) mass is 280 g/mol. The van der Waals surface area contributed by atoms with E-state index in [1.54, 1.807) is 12.1 Å². The summed E-state index contributed by atoms with van der Waals surface area (Å²) in [6.45, 7) is 0. The van der Waals surface area contributed by atoms with E-state index in [2.05, 4.69) is 12.1 Å². The molecule has 0 aliphatic heterocycles. The van der Waals surface area contributed by atoms with Gasteiger partial charge in [0.05, 0.1) is 0 Å². The largest absolute Gasteiger partial charge is 0.508 e. The molecule has 0 fully saturated rings. The van der Waals surface area contributed by atoms with Gasteiger partial charge in [-0.2, -0.15) is 0 Å². The van der Waals surface area contributed by atoms with E-state index in [1.165, 1.54) is 0 Å². The lowest BCUT2D eigenvalue weighted by atomic mass is 9.94. The van der Waals surface area contributed by atoms with E-state index < -0.39 is 0 Å². The fourth-order valence-electron chi connectivity index (χ4n) is 2.29. The van der Waals surface area contributed by atoms with E-state index in [9.17, 15) is 5.11 Å². The first-order valence-electron chi connectivity index (χ1n) is 6.38. The molecule has 3 aromatic carbocycles. The van der Waals surface area contributed by atoms with Crippen LogP contribution in [-0.4, -0.2) is 5.11 Å². The zero-order valence-electron chi connectivity index (χ0n) is 10.8. The molecule has 1 N–H and O–H groups in total. The van der Waals surface area contributed by atoms with Crippen LogP contribution in [0.1, 0.15) is 0 Å². The van der Waals surface area contributed by atoms with Gasteiger partial charge in [-0.3, -0.25) is 0 Å². The number of phenols is 1. The topological polar surface area (TPSA) is 20.2 Å². The van der Waals surface area contributed by atoms with Crippen LogP contribution in [0.2, 0.25) is 5.02 Å². The van der Waals surface area contributed by atoms with Gasteiger partial charge >= 0.3 is 0 Å². The molecule has 0 heterocycles. The molecule has 2 heteroatoms. The van der Waals surface area contributed by atoms with Gasteiger partial charge in [-0.1, -0.05) is 60.1 Å². The van der Waals surface area contributed by atoms with Crippen LogP contribution in [0.15, 0.2) is 72.8 Å². The summed E-state index contributed by atoms with van der Waals surface area (Å²) < 4.78 is 0. The highest BCUT2D eigenvalue weighted by Gasteiger charge is 2.07. The van der Waals surface area contributed by atoms with Gasteiger partial charge in [0, 0.05) is 5.02 Å². The Morgan fingerprint density at radius 1 is 0.650 bits per heavy atom. The maximum atomic E-state index is 9.65. The highest BCUT2D eigenvalue weighted by molar-refractivity contribution is 6.30. The van der Waals surface area contributed by atoms with Crippen LogP contribution in [0.25, 0.3) is 22.3 Å². The third kappa shape index (κ3) is 2.54. The van der Waals surface area contributed by atoms with Gasteiger partial charge in [0.15, 0.2) is 0 Å². The third-order valence-corrected chi connectivity index (χ3v) is 3.49. The maximum Gasteiger partial charge on any atom is 0.116 e. The highest BCUT2D eigenvalue weighted by atomic mass is 35.5. The summed E-state index contributed by atoms with van der Waals surface area (Å²) in [5.74, 6) is 0.272. The Hall–Kier alpha value is -2.25. The number of hydrogen-bond acceptors (Lipinski definition) is 1. The number of aromatic hydroxyl groups is 1. The van der Waals surface area contributed by atoms with Gasteiger partial charge < -0.3 is 5.11 Å². The summed E-state index contributed by atoms with van der Waals surface area (Å²) >= 11 is 5.94. The number of phenolic OH excluding ortho intramolecular Hbond substituents is 1. The lowest BCUT2D eigenvalue weighted by Crippen LogP contribution is -1.84. The van der Waals surface area contributed by atoms with Gasteiger partial charge in [0.1, 0.15) is 5.75 Å². The van der Waals surface area contributed by atoms with Gasteiger partial charge in [0.25, 0.3) is 0 Å². The molecule has 0 amide bonds. The smallest absolute Gasteiger partial charge is 0.116 e. The molecule has 98 valence electrons. The summed E-state index contributed by atoms with van der Waals surface area (Å²) in [7, 11) is 0. The molecule has 0 aliphatic carbocycles. The maximum absolute atomic E-state index is 9.65. The lowest BCUT2D eigenvalue weighted by Gasteiger charge is -2.10. The molecule has 0 radical (unpaired) electrons. The standard InChI is InChI=1S/C18H13ClO/c19-15-10-8-13(9-11-15)17-6-1-2-7-18(17)14-4-3-5-16(20)12-14/h1-12,20H. The predicted molar refractivity (Wildman–Crippen MR) is 84.0 cm³/mol. The molecular formula is C18H13ClO. The van der Waals surface area contributed by atoms with E-state index in [0.717, 1.165) is 27.3 Å². The number of hydrogen-bond donors (Lipinski definition) is 1. The molecular weight excluding hydrogens is 268 g/mol. The van der Waals surface area contributed by atoms with Crippen LogP contribution in [0.5, 0.6) is 5.75 Å². The van der Waals surface area contributed by atoms with Crippen molar-refractivity contribution in [1.82, 2.24) is 0 Å². The number of rotatable bonds is 2. The zero-order valence-corrected chi connectivity index (χ0v) is 11.5. The Balaban J connectivity index is 2.16. The van der Waals surface area contributed by atoms with Crippen molar-refractivity contribution in [2.24, 2.45) is 0 Å². The second kappa shape index (κ2) is 5.40. The average Bonchev–Trinajstić information content (AvgIpc) is 2.48. The van der Waals surface area contributed by atoms with Crippen molar-refractivity contribution in [3.05, 3.63) is 77.8 Å². The third-order valence-electron chi connectivity index (χ3n) is 3.24. The van der Waals surface area contributed by atoms with E-state index in [0.29, 0.717) is 0 Å². The normalized spacial score (nSPS) is 10.4. The molecule has 1 nitrogen and oxygen atoms in total. The summed E-state index contributed by atoms with van der Waals surface area (Å²) in [4.78, 5) is 0. The van der Waals surface area contributed by atoms with Gasteiger partial charge in [-0.25, -0.2) is 0 Å². The van der Waals surface area contributed by atoms with Crippen molar-refractivity contribution in [2.45, 2.75) is 0 Å². The van der Waals surface area contributed by atoms with E-state index in [1.807, 2.05) is 48.5 Å². The Kier molecular flexibility index (Phi) is 3.44. The summed E-state index contributed by atoms with van der Waals surface area (Å²) in [6.07, 6.45) is 0. The molecule has 0 bridgehead atoms. The van der Waals surface area contributed by atoms with E-state index >= 15 is 0 Å². The molecule has 3 rings (SSSR count). The fourth-order valence-corrected chi connectivity index (χ4v) is 2.42. The van der Waals surface area contributed by atoms with Gasteiger partial charge in [-0.15, -0.1) is 0 Å². The number of benzene rings is 3. The van der Waals surface area contributed by atoms with Crippen molar-refractivity contribution in [3.63, 3.8) is 0 Å². The quantitative estimate of drug-likeness (QED) is 0.668. The molecule has 0 aliphatic rings. The van der Waals surface area contributed by atoms with Crippen LogP contribution in [0.3, 0.4) is 0 Å². The van der Waals surface area contributed by atoms with Crippen LogP contribution >= 0.6 is 11.6 Å². The Labute approximate surface area is 123 Å². The SMILES string of the molecule is Oc1cccc(-c2ccccc2-c2ccc(Cl)cc2)c1. The van der Waals surface area contributed by atoms with Crippen molar-refractivity contribution < 1.29 is 5.11 Å².